The molecule has 1 aliphatic heterocycles. The van der Waals surface area contributed by atoms with Crippen LogP contribution in [0.3, 0.4) is 0 Å². The van der Waals surface area contributed by atoms with Crippen LogP contribution < -0.4 is 0 Å². The van der Waals surface area contributed by atoms with Gasteiger partial charge in [0.2, 0.25) is 0 Å². The van der Waals surface area contributed by atoms with Crippen molar-refractivity contribution in [2.24, 2.45) is 5.92 Å². The van der Waals surface area contributed by atoms with Crippen molar-refractivity contribution in [3.8, 4) is 5.75 Å². The summed E-state index contributed by atoms with van der Waals surface area (Å²) in [7, 11) is 0. The van der Waals surface area contributed by atoms with E-state index in [-0.39, 0.29) is 11.7 Å². The van der Waals surface area contributed by atoms with Gasteiger partial charge in [0.15, 0.2) is 0 Å². The van der Waals surface area contributed by atoms with E-state index in [1.807, 2.05) is 4.90 Å². The molecule has 18 heavy (non-hydrogen) atoms. The minimum absolute atomic E-state index is 0.0222. The fourth-order valence-electron chi connectivity index (χ4n) is 2.55. The second-order valence-corrected chi connectivity index (χ2v) is 5.97. The molecule has 1 amide bonds. The molecule has 1 fully saturated rings. The van der Waals surface area contributed by atoms with E-state index < -0.39 is 0 Å². The lowest BCUT2D eigenvalue weighted by Crippen LogP contribution is -2.38. The Bertz CT molecular complexity index is 459. The number of likely N-dealkylation sites (tertiary alicyclic amines) is 1. The molecule has 1 N–H and O–H groups in total. The number of hydrogen-bond donors (Lipinski definition) is 1. The first-order chi connectivity index (χ1) is 8.50. The van der Waals surface area contributed by atoms with Gasteiger partial charge in [-0.3, -0.25) is 4.79 Å². The Kier molecular flexibility index (Phi) is 3.95. The molecule has 1 aromatic rings. The van der Waals surface area contributed by atoms with Gasteiger partial charge in [-0.25, -0.2) is 0 Å². The molecule has 4 heteroatoms. The standard InChI is InChI=1S/C14H18BrNO2/c1-9(2)12-4-3-7-16(12)14(18)10-5-6-11(15)13(17)8-10/h5-6,8-9,12,17H,3-4,7H2,1-2H3. The van der Waals surface area contributed by atoms with Gasteiger partial charge in [0.05, 0.1) is 4.47 Å². The Balaban J connectivity index is 2.22. The summed E-state index contributed by atoms with van der Waals surface area (Å²) >= 11 is 3.22. The maximum atomic E-state index is 12.4. The largest absolute Gasteiger partial charge is 0.507 e. The summed E-state index contributed by atoms with van der Waals surface area (Å²) in [6.07, 6.45) is 2.14. The van der Waals surface area contributed by atoms with Crippen LogP contribution in [-0.4, -0.2) is 28.5 Å². The van der Waals surface area contributed by atoms with Gasteiger partial charge in [0.25, 0.3) is 5.91 Å². The van der Waals surface area contributed by atoms with Gasteiger partial charge in [0.1, 0.15) is 5.75 Å². The lowest BCUT2D eigenvalue weighted by molar-refractivity contribution is 0.0701. The molecule has 2 rings (SSSR count). The Morgan fingerprint density at radius 2 is 2.22 bits per heavy atom. The van der Waals surface area contributed by atoms with Gasteiger partial charge in [-0.1, -0.05) is 13.8 Å². The van der Waals surface area contributed by atoms with Crippen molar-refractivity contribution >= 4 is 21.8 Å². The van der Waals surface area contributed by atoms with E-state index in [2.05, 4.69) is 29.8 Å². The first kappa shape index (κ1) is 13.4. The van der Waals surface area contributed by atoms with E-state index in [1.54, 1.807) is 12.1 Å². The van der Waals surface area contributed by atoms with Crippen LogP contribution in [0.15, 0.2) is 22.7 Å². The van der Waals surface area contributed by atoms with Gasteiger partial charge in [-0.15, -0.1) is 0 Å². The number of amides is 1. The minimum atomic E-state index is 0.0222. The second kappa shape index (κ2) is 5.31. The van der Waals surface area contributed by atoms with Gasteiger partial charge in [-0.2, -0.15) is 0 Å². The van der Waals surface area contributed by atoms with Crippen molar-refractivity contribution in [2.45, 2.75) is 32.7 Å². The van der Waals surface area contributed by atoms with Crippen molar-refractivity contribution in [3.05, 3.63) is 28.2 Å². The van der Waals surface area contributed by atoms with E-state index in [4.69, 9.17) is 0 Å². The predicted molar refractivity (Wildman–Crippen MR) is 74.7 cm³/mol. The molecule has 1 aliphatic rings. The van der Waals surface area contributed by atoms with E-state index in [0.717, 1.165) is 19.4 Å². The summed E-state index contributed by atoms with van der Waals surface area (Å²) in [6, 6.07) is 5.32. The Morgan fingerprint density at radius 1 is 1.50 bits per heavy atom. The number of hydrogen-bond acceptors (Lipinski definition) is 2. The lowest BCUT2D eigenvalue weighted by atomic mass is 10.0. The third kappa shape index (κ3) is 2.53. The van der Waals surface area contributed by atoms with Crippen LogP contribution in [0, 0.1) is 5.92 Å². The summed E-state index contributed by atoms with van der Waals surface area (Å²) in [5, 5.41) is 9.65. The molecular weight excluding hydrogens is 294 g/mol. The number of phenols is 1. The zero-order chi connectivity index (χ0) is 13.3. The molecule has 98 valence electrons. The average Bonchev–Trinajstić information content (AvgIpc) is 2.81. The number of nitrogens with zero attached hydrogens (tertiary/aromatic N) is 1. The fourth-order valence-corrected chi connectivity index (χ4v) is 2.80. The van der Waals surface area contributed by atoms with Crippen molar-refractivity contribution in [1.82, 2.24) is 4.90 Å². The third-order valence-corrected chi connectivity index (χ3v) is 4.19. The topological polar surface area (TPSA) is 40.5 Å². The molecule has 0 aromatic heterocycles. The first-order valence-corrected chi connectivity index (χ1v) is 7.09. The van der Waals surface area contributed by atoms with Crippen molar-refractivity contribution in [3.63, 3.8) is 0 Å². The molecular formula is C14H18BrNO2. The number of aromatic hydroxyl groups is 1. The number of phenolic OH excluding ortho intramolecular Hbond substituents is 1. The lowest BCUT2D eigenvalue weighted by Gasteiger charge is -2.27. The average molecular weight is 312 g/mol. The minimum Gasteiger partial charge on any atom is -0.507 e. The zero-order valence-corrected chi connectivity index (χ0v) is 12.3. The zero-order valence-electron chi connectivity index (χ0n) is 10.7. The second-order valence-electron chi connectivity index (χ2n) is 5.12. The van der Waals surface area contributed by atoms with Crippen LogP contribution in [0.25, 0.3) is 0 Å². The third-order valence-electron chi connectivity index (χ3n) is 3.52. The number of carbonyl (C=O) groups excluding carboxylic acids is 1. The van der Waals surface area contributed by atoms with Crippen LogP contribution in [0.2, 0.25) is 0 Å². The normalized spacial score (nSPS) is 19.6. The Labute approximate surface area is 116 Å². The molecule has 0 spiro atoms. The molecule has 1 unspecified atom stereocenters. The van der Waals surface area contributed by atoms with Crippen LogP contribution in [0.1, 0.15) is 37.0 Å². The summed E-state index contributed by atoms with van der Waals surface area (Å²) < 4.78 is 0.612. The van der Waals surface area contributed by atoms with Crippen LogP contribution in [-0.2, 0) is 0 Å². The summed E-state index contributed by atoms with van der Waals surface area (Å²) in [4.78, 5) is 14.4. The molecule has 3 nitrogen and oxygen atoms in total. The summed E-state index contributed by atoms with van der Waals surface area (Å²) in [5.74, 6) is 0.607. The SMILES string of the molecule is CC(C)C1CCCN1C(=O)c1ccc(Br)c(O)c1. The quantitative estimate of drug-likeness (QED) is 0.909. The van der Waals surface area contributed by atoms with Crippen LogP contribution in [0.4, 0.5) is 0 Å². The van der Waals surface area contributed by atoms with E-state index >= 15 is 0 Å². The molecule has 0 bridgehead atoms. The predicted octanol–water partition coefficient (Wildman–Crippen LogP) is 3.42. The monoisotopic (exact) mass is 311 g/mol. The van der Waals surface area contributed by atoms with E-state index in [9.17, 15) is 9.90 Å². The van der Waals surface area contributed by atoms with Crippen LogP contribution >= 0.6 is 15.9 Å². The highest BCUT2D eigenvalue weighted by Crippen LogP contribution is 2.28. The first-order valence-electron chi connectivity index (χ1n) is 6.30. The molecule has 0 aliphatic carbocycles. The summed E-state index contributed by atoms with van der Waals surface area (Å²) in [5.41, 5.74) is 0.559. The highest BCUT2D eigenvalue weighted by atomic mass is 79.9. The van der Waals surface area contributed by atoms with Gasteiger partial charge < -0.3 is 10.0 Å². The fraction of sp³-hybridized carbons (Fsp3) is 0.500. The van der Waals surface area contributed by atoms with Crippen LogP contribution in [0.5, 0.6) is 5.75 Å². The highest BCUT2D eigenvalue weighted by molar-refractivity contribution is 9.10. The van der Waals surface area contributed by atoms with Gasteiger partial charge in [-0.05, 0) is 52.9 Å². The summed E-state index contributed by atoms with van der Waals surface area (Å²) in [6.45, 7) is 5.11. The van der Waals surface area contributed by atoms with E-state index in [1.165, 1.54) is 6.07 Å². The molecule has 1 aromatic carbocycles. The maximum Gasteiger partial charge on any atom is 0.254 e. The molecule has 0 saturated carbocycles. The van der Waals surface area contributed by atoms with Crippen molar-refractivity contribution < 1.29 is 9.90 Å². The highest BCUT2D eigenvalue weighted by Gasteiger charge is 2.31. The number of halogens is 1. The number of benzene rings is 1. The van der Waals surface area contributed by atoms with Crippen molar-refractivity contribution in [2.75, 3.05) is 6.54 Å². The Morgan fingerprint density at radius 3 is 2.83 bits per heavy atom. The molecule has 1 atom stereocenters. The molecule has 0 radical (unpaired) electrons. The molecule has 1 heterocycles. The van der Waals surface area contributed by atoms with E-state index in [0.29, 0.717) is 22.0 Å². The smallest absolute Gasteiger partial charge is 0.254 e. The molecule has 1 saturated heterocycles. The number of carbonyl (C=O) groups is 1. The van der Waals surface area contributed by atoms with Gasteiger partial charge >= 0.3 is 0 Å². The maximum absolute atomic E-state index is 12.4. The van der Waals surface area contributed by atoms with Gasteiger partial charge in [0, 0.05) is 18.2 Å². The van der Waals surface area contributed by atoms with Crippen molar-refractivity contribution in [1.29, 1.82) is 0 Å². The number of rotatable bonds is 2. The Hall–Kier alpha value is -1.03.